The van der Waals surface area contributed by atoms with Crippen LogP contribution in [0.1, 0.15) is 5.56 Å². The number of methoxy groups -OCH3 is 1. The third-order valence-corrected chi connectivity index (χ3v) is 4.37. The van der Waals surface area contributed by atoms with Crippen LogP contribution < -0.4 is 20.2 Å². The van der Waals surface area contributed by atoms with Crippen LogP contribution in [0.2, 0.25) is 0 Å². The zero-order valence-electron chi connectivity index (χ0n) is 15.3. The van der Waals surface area contributed by atoms with Gasteiger partial charge in [-0.2, -0.15) is 5.10 Å². The molecule has 0 atom stereocenters. The van der Waals surface area contributed by atoms with Gasteiger partial charge in [-0.15, -0.1) is 0 Å². The Morgan fingerprint density at radius 3 is 2.63 bits per heavy atom. The van der Waals surface area contributed by atoms with E-state index in [0.717, 1.165) is 34.5 Å². The lowest BCUT2D eigenvalue weighted by Crippen LogP contribution is -2.28. The molecule has 1 heterocycles. The Balaban J connectivity index is 1.69. The van der Waals surface area contributed by atoms with Gasteiger partial charge < -0.3 is 19.4 Å². The van der Waals surface area contributed by atoms with Crippen molar-refractivity contribution in [3.63, 3.8) is 0 Å². The second kappa shape index (κ2) is 9.05. The van der Waals surface area contributed by atoms with E-state index in [1.807, 2.05) is 36.4 Å². The summed E-state index contributed by atoms with van der Waals surface area (Å²) >= 11 is 5.03. The van der Waals surface area contributed by atoms with E-state index in [0.29, 0.717) is 11.7 Å². The molecule has 0 spiro atoms. The van der Waals surface area contributed by atoms with Crippen LogP contribution in [0.4, 0.5) is 0 Å². The zero-order chi connectivity index (χ0) is 19.1. The number of rotatable bonds is 7. The highest BCUT2D eigenvalue weighted by atomic mass is 32.1. The monoisotopic (exact) mass is 382 g/mol. The lowest BCUT2D eigenvalue weighted by molar-refractivity contribution is 0.300. The van der Waals surface area contributed by atoms with Crippen LogP contribution in [0, 0.1) is 0 Å². The number of fused-ring (bicyclic) bond motifs is 1. The smallest absolute Gasteiger partial charge is 0.186 e. The van der Waals surface area contributed by atoms with Crippen molar-refractivity contribution in [3.8, 4) is 11.5 Å². The highest BCUT2D eigenvalue weighted by Crippen LogP contribution is 2.21. The predicted octanol–water partition coefficient (Wildman–Crippen LogP) is 3.16. The fraction of sp³-hybridized carbons (Fsp3) is 0.200. The molecule has 2 aromatic carbocycles. The summed E-state index contributed by atoms with van der Waals surface area (Å²) in [7, 11) is 3.40. The Morgan fingerprint density at radius 1 is 1.15 bits per heavy atom. The molecule has 6 nitrogen and oxygen atoms in total. The van der Waals surface area contributed by atoms with Crippen LogP contribution in [0.25, 0.3) is 10.9 Å². The fourth-order valence-electron chi connectivity index (χ4n) is 2.71. The number of nitrogens with zero attached hydrogens (tertiary/aromatic N) is 2. The van der Waals surface area contributed by atoms with Crippen LogP contribution >= 0.6 is 12.2 Å². The number of hydrogen-bond acceptors (Lipinski definition) is 4. The number of para-hydroxylation sites is 1. The largest absolute Gasteiger partial charge is 0.497 e. The first-order valence-electron chi connectivity index (χ1n) is 8.57. The van der Waals surface area contributed by atoms with Gasteiger partial charge >= 0.3 is 0 Å². The van der Waals surface area contributed by atoms with E-state index in [1.54, 1.807) is 20.4 Å². The Bertz CT molecular complexity index is 935. The maximum Gasteiger partial charge on any atom is 0.186 e. The lowest BCUT2D eigenvalue weighted by Gasteiger charge is -2.09. The number of hydrogen-bond donors (Lipinski definition) is 2. The van der Waals surface area contributed by atoms with Crippen molar-refractivity contribution in [2.75, 3.05) is 20.8 Å². The molecular weight excluding hydrogens is 360 g/mol. The molecule has 7 heteroatoms. The molecule has 0 saturated heterocycles. The average Bonchev–Trinajstić information content (AvgIpc) is 3.06. The number of aromatic nitrogens is 1. The molecule has 0 radical (unpaired) electrons. The van der Waals surface area contributed by atoms with Crippen LogP contribution in [0.5, 0.6) is 11.5 Å². The topological polar surface area (TPSA) is 59.8 Å². The molecule has 0 amide bonds. The molecular formula is C20H22N4O2S. The van der Waals surface area contributed by atoms with E-state index in [2.05, 4.69) is 38.7 Å². The van der Waals surface area contributed by atoms with Gasteiger partial charge in [-0.1, -0.05) is 18.2 Å². The van der Waals surface area contributed by atoms with Gasteiger partial charge in [0.05, 0.1) is 19.9 Å². The zero-order valence-corrected chi connectivity index (χ0v) is 16.1. The summed E-state index contributed by atoms with van der Waals surface area (Å²) in [4.78, 5) is 0. The highest BCUT2D eigenvalue weighted by Gasteiger charge is 2.07. The Kier molecular flexibility index (Phi) is 6.27. The minimum Gasteiger partial charge on any atom is -0.497 e. The third kappa shape index (κ3) is 4.77. The number of nitrogens with one attached hydrogen (secondary N) is 2. The maximum absolute atomic E-state index is 5.85. The average molecular weight is 382 g/mol. The maximum atomic E-state index is 5.85. The first-order valence-corrected chi connectivity index (χ1v) is 8.97. The van der Waals surface area contributed by atoms with Gasteiger partial charge in [0.25, 0.3) is 0 Å². The summed E-state index contributed by atoms with van der Waals surface area (Å²) in [5, 5.41) is 8.61. The molecule has 0 aliphatic carbocycles. The fourth-order valence-corrected chi connectivity index (χ4v) is 2.77. The van der Waals surface area contributed by atoms with Gasteiger partial charge in [-0.3, -0.25) is 5.43 Å². The molecule has 2 N–H and O–H groups in total. The SMILES string of the molecule is CNC(=S)N/N=C\c1cn(CCOc2ccc(OC)cc2)c2ccccc12. The molecule has 0 fully saturated rings. The Morgan fingerprint density at radius 2 is 1.89 bits per heavy atom. The molecule has 0 bridgehead atoms. The second-order valence-corrected chi connectivity index (χ2v) is 6.18. The summed E-state index contributed by atoms with van der Waals surface area (Å²) in [6, 6.07) is 15.8. The summed E-state index contributed by atoms with van der Waals surface area (Å²) in [5.74, 6) is 1.63. The van der Waals surface area contributed by atoms with E-state index in [9.17, 15) is 0 Å². The van der Waals surface area contributed by atoms with Crippen molar-refractivity contribution in [2.24, 2.45) is 5.10 Å². The van der Waals surface area contributed by atoms with E-state index < -0.39 is 0 Å². The molecule has 3 rings (SSSR count). The summed E-state index contributed by atoms with van der Waals surface area (Å²) in [5.41, 5.74) is 4.92. The van der Waals surface area contributed by atoms with Crippen LogP contribution in [-0.4, -0.2) is 36.7 Å². The van der Waals surface area contributed by atoms with Gasteiger partial charge in [-0.25, -0.2) is 0 Å². The Labute approximate surface area is 163 Å². The molecule has 140 valence electrons. The first-order chi connectivity index (χ1) is 13.2. The molecule has 27 heavy (non-hydrogen) atoms. The third-order valence-electron chi connectivity index (χ3n) is 4.08. The molecule has 3 aromatic rings. The summed E-state index contributed by atoms with van der Waals surface area (Å²) in [6.07, 6.45) is 3.84. The normalized spacial score (nSPS) is 10.9. The van der Waals surface area contributed by atoms with Crippen LogP contribution in [0.3, 0.4) is 0 Å². The summed E-state index contributed by atoms with van der Waals surface area (Å²) < 4.78 is 13.2. The van der Waals surface area contributed by atoms with Crippen molar-refractivity contribution >= 4 is 34.4 Å². The minimum absolute atomic E-state index is 0.475. The van der Waals surface area contributed by atoms with Gasteiger partial charge in [0.1, 0.15) is 18.1 Å². The molecule has 0 aliphatic rings. The minimum atomic E-state index is 0.475. The number of benzene rings is 2. The lowest BCUT2D eigenvalue weighted by atomic mass is 10.2. The van der Waals surface area contributed by atoms with Crippen molar-refractivity contribution < 1.29 is 9.47 Å². The second-order valence-electron chi connectivity index (χ2n) is 5.77. The first kappa shape index (κ1) is 18.7. The molecule has 0 aliphatic heterocycles. The van der Waals surface area contributed by atoms with Crippen LogP contribution in [-0.2, 0) is 6.54 Å². The van der Waals surface area contributed by atoms with Crippen molar-refractivity contribution in [1.82, 2.24) is 15.3 Å². The summed E-state index contributed by atoms with van der Waals surface area (Å²) in [6.45, 7) is 1.28. The van der Waals surface area contributed by atoms with E-state index >= 15 is 0 Å². The standard InChI is InChI=1S/C20H22N4O2S/c1-21-20(27)23-22-13-15-14-24(19-6-4-3-5-18(15)19)11-12-26-17-9-7-16(25-2)8-10-17/h3-10,13-14H,11-12H2,1-2H3,(H2,21,23,27)/b22-13-. The van der Waals surface area contributed by atoms with E-state index in [4.69, 9.17) is 21.7 Å². The van der Waals surface area contributed by atoms with Crippen LogP contribution in [0.15, 0.2) is 59.8 Å². The number of thiocarbonyl (C=S) groups is 1. The molecule has 0 saturated carbocycles. The highest BCUT2D eigenvalue weighted by molar-refractivity contribution is 7.80. The van der Waals surface area contributed by atoms with Gasteiger partial charge in [0.15, 0.2) is 5.11 Å². The van der Waals surface area contributed by atoms with Crippen molar-refractivity contribution in [3.05, 3.63) is 60.3 Å². The quantitative estimate of drug-likeness (QED) is 0.373. The van der Waals surface area contributed by atoms with Gasteiger partial charge in [0, 0.05) is 29.7 Å². The number of hydrazone groups is 1. The predicted molar refractivity (Wildman–Crippen MR) is 113 cm³/mol. The van der Waals surface area contributed by atoms with Gasteiger partial charge in [-0.05, 0) is 42.5 Å². The van der Waals surface area contributed by atoms with E-state index in [-0.39, 0.29) is 0 Å². The van der Waals surface area contributed by atoms with E-state index in [1.165, 1.54) is 0 Å². The van der Waals surface area contributed by atoms with Crippen molar-refractivity contribution in [2.45, 2.75) is 6.54 Å². The Hall–Kier alpha value is -3.06. The number of ether oxygens (including phenoxy) is 2. The molecule has 0 unspecified atom stereocenters. The van der Waals surface area contributed by atoms with Gasteiger partial charge in [0.2, 0.25) is 0 Å². The van der Waals surface area contributed by atoms with Crippen molar-refractivity contribution in [1.29, 1.82) is 0 Å². The molecule has 1 aromatic heterocycles.